The van der Waals surface area contributed by atoms with Crippen molar-refractivity contribution in [1.29, 1.82) is 0 Å². The number of hydrogen-bond donors (Lipinski definition) is 2. The van der Waals surface area contributed by atoms with E-state index in [9.17, 15) is 10.2 Å². The van der Waals surface area contributed by atoms with Crippen LogP contribution in [-0.2, 0) is 12.2 Å². The number of aliphatic hydroxyl groups is 2. The van der Waals surface area contributed by atoms with Crippen LogP contribution in [0, 0.1) is 0 Å². The Balaban J connectivity index is 2.10. The van der Waals surface area contributed by atoms with Crippen molar-refractivity contribution in [3.05, 3.63) is 35.4 Å². The molecule has 4 heteroatoms. The molecule has 2 aliphatic rings. The molecular weight excluding hydrogens is 232 g/mol. The topological polar surface area (TPSA) is 58.9 Å². The largest absolute Gasteiger partial charge is 0.454 e. The SMILES string of the molecule is OCc1cc2c(cc1C1(O)C=CCCC1)OCO2. The molecule has 1 unspecified atom stereocenters. The maximum absolute atomic E-state index is 10.7. The average molecular weight is 248 g/mol. The third-order valence-electron chi connectivity index (χ3n) is 3.56. The predicted molar refractivity (Wildman–Crippen MR) is 65.4 cm³/mol. The molecule has 18 heavy (non-hydrogen) atoms. The summed E-state index contributed by atoms with van der Waals surface area (Å²) >= 11 is 0. The molecule has 0 amide bonds. The van der Waals surface area contributed by atoms with Crippen molar-refractivity contribution in [2.45, 2.75) is 31.5 Å². The lowest BCUT2D eigenvalue weighted by Crippen LogP contribution is -2.26. The van der Waals surface area contributed by atoms with Gasteiger partial charge in [0.15, 0.2) is 11.5 Å². The molecule has 0 spiro atoms. The zero-order chi connectivity index (χ0) is 12.6. The second-order valence-electron chi connectivity index (χ2n) is 4.74. The molecule has 0 saturated carbocycles. The Morgan fingerprint density at radius 1 is 1.22 bits per heavy atom. The van der Waals surface area contributed by atoms with Crippen LogP contribution in [0.2, 0.25) is 0 Å². The van der Waals surface area contributed by atoms with Crippen LogP contribution in [0.4, 0.5) is 0 Å². The van der Waals surface area contributed by atoms with Gasteiger partial charge in [0, 0.05) is 0 Å². The zero-order valence-electron chi connectivity index (χ0n) is 10.1. The van der Waals surface area contributed by atoms with Crippen molar-refractivity contribution in [3.63, 3.8) is 0 Å². The minimum atomic E-state index is -1.00. The molecule has 0 aromatic heterocycles. The maximum Gasteiger partial charge on any atom is 0.231 e. The number of allylic oxidation sites excluding steroid dienone is 1. The first-order valence-corrected chi connectivity index (χ1v) is 6.17. The van der Waals surface area contributed by atoms with Gasteiger partial charge in [-0.1, -0.05) is 12.2 Å². The van der Waals surface area contributed by atoms with Gasteiger partial charge < -0.3 is 19.7 Å². The minimum Gasteiger partial charge on any atom is -0.454 e. The second-order valence-corrected chi connectivity index (χ2v) is 4.74. The van der Waals surface area contributed by atoms with Crippen molar-refractivity contribution < 1.29 is 19.7 Å². The Hall–Kier alpha value is -1.52. The second kappa shape index (κ2) is 4.30. The lowest BCUT2D eigenvalue weighted by molar-refractivity contribution is 0.0699. The highest BCUT2D eigenvalue weighted by Gasteiger charge is 2.32. The third kappa shape index (κ3) is 1.78. The van der Waals surface area contributed by atoms with Gasteiger partial charge in [0.2, 0.25) is 6.79 Å². The normalized spacial score (nSPS) is 25.4. The standard InChI is InChI=1S/C14H16O4/c15-8-10-6-12-13(18-9-17-12)7-11(10)14(16)4-2-1-3-5-14/h2,4,6-7,15-16H,1,3,5,8-9H2. The van der Waals surface area contributed by atoms with Gasteiger partial charge in [0.05, 0.1) is 6.61 Å². The summed E-state index contributed by atoms with van der Waals surface area (Å²) in [6.07, 6.45) is 6.38. The first-order chi connectivity index (χ1) is 8.73. The summed E-state index contributed by atoms with van der Waals surface area (Å²) in [6, 6.07) is 3.53. The molecule has 1 aliphatic carbocycles. The molecule has 0 bridgehead atoms. The molecule has 96 valence electrons. The molecule has 0 saturated heterocycles. The molecule has 1 aromatic rings. The Labute approximate surface area is 105 Å². The van der Waals surface area contributed by atoms with Crippen molar-refractivity contribution >= 4 is 0 Å². The summed E-state index contributed by atoms with van der Waals surface area (Å²) in [6.45, 7) is 0.0695. The molecule has 0 fully saturated rings. The molecule has 0 radical (unpaired) electrons. The smallest absolute Gasteiger partial charge is 0.231 e. The van der Waals surface area contributed by atoms with Gasteiger partial charge in [-0.2, -0.15) is 0 Å². The molecule has 1 aliphatic heterocycles. The highest BCUT2D eigenvalue weighted by Crippen LogP contribution is 2.41. The molecule has 1 atom stereocenters. The van der Waals surface area contributed by atoms with E-state index in [2.05, 4.69) is 0 Å². The summed E-state index contributed by atoms with van der Waals surface area (Å²) in [4.78, 5) is 0. The number of benzene rings is 1. The van der Waals surface area contributed by atoms with Gasteiger partial charge in [0.25, 0.3) is 0 Å². The first-order valence-electron chi connectivity index (χ1n) is 6.17. The lowest BCUT2D eigenvalue weighted by atomic mass is 9.82. The molecule has 4 nitrogen and oxygen atoms in total. The van der Waals surface area contributed by atoms with Crippen LogP contribution in [0.3, 0.4) is 0 Å². The van der Waals surface area contributed by atoms with E-state index in [0.29, 0.717) is 29.0 Å². The van der Waals surface area contributed by atoms with Gasteiger partial charge in [-0.25, -0.2) is 0 Å². The van der Waals surface area contributed by atoms with Gasteiger partial charge in [-0.15, -0.1) is 0 Å². The number of aliphatic hydroxyl groups excluding tert-OH is 1. The molecule has 1 aromatic carbocycles. The fourth-order valence-electron chi connectivity index (χ4n) is 2.59. The van der Waals surface area contributed by atoms with Crippen LogP contribution in [0.1, 0.15) is 30.4 Å². The van der Waals surface area contributed by atoms with Crippen LogP contribution in [0.5, 0.6) is 11.5 Å². The fraction of sp³-hybridized carbons (Fsp3) is 0.429. The average Bonchev–Trinajstić information content (AvgIpc) is 2.85. The summed E-state index contributed by atoms with van der Waals surface area (Å²) < 4.78 is 10.6. The van der Waals surface area contributed by atoms with E-state index in [4.69, 9.17) is 9.47 Å². The lowest BCUT2D eigenvalue weighted by Gasteiger charge is -2.30. The van der Waals surface area contributed by atoms with Gasteiger partial charge in [-0.3, -0.25) is 0 Å². The van der Waals surface area contributed by atoms with Crippen LogP contribution < -0.4 is 9.47 Å². The zero-order valence-corrected chi connectivity index (χ0v) is 10.1. The van der Waals surface area contributed by atoms with E-state index in [1.165, 1.54) is 0 Å². The molecule has 2 N–H and O–H groups in total. The Morgan fingerprint density at radius 2 is 2.00 bits per heavy atom. The van der Waals surface area contributed by atoms with E-state index >= 15 is 0 Å². The van der Waals surface area contributed by atoms with Gasteiger partial charge in [0.1, 0.15) is 5.60 Å². The van der Waals surface area contributed by atoms with E-state index in [-0.39, 0.29) is 13.4 Å². The maximum atomic E-state index is 10.7. The van der Waals surface area contributed by atoms with Gasteiger partial charge in [-0.05, 0) is 42.5 Å². The highest BCUT2D eigenvalue weighted by atomic mass is 16.7. The quantitative estimate of drug-likeness (QED) is 0.784. The van der Waals surface area contributed by atoms with Crippen molar-refractivity contribution in [3.8, 4) is 11.5 Å². The van der Waals surface area contributed by atoms with Crippen LogP contribution in [0.15, 0.2) is 24.3 Å². The molecule has 1 heterocycles. The van der Waals surface area contributed by atoms with E-state index in [0.717, 1.165) is 12.8 Å². The van der Waals surface area contributed by atoms with Crippen LogP contribution in [-0.4, -0.2) is 17.0 Å². The Kier molecular flexibility index (Phi) is 2.76. The number of fused-ring (bicyclic) bond motifs is 1. The van der Waals surface area contributed by atoms with E-state index < -0.39 is 5.60 Å². The Morgan fingerprint density at radius 3 is 2.67 bits per heavy atom. The summed E-state index contributed by atoms with van der Waals surface area (Å²) in [5.74, 6) is 1.26. The first kappa shape index (κ1) is 11.6. The summed E-state index contributed by atoms with van der Waals surface area (Å²) in [7, 11) is 0. The van der Waals surface area contributed by atoms with E-state index in [1.807, 2.05) is 12.2 Å². The summed E-state index contributed by atoms with van der Waals surface area (Å²) in [5.41, 5.74) is 0.399. The van der Waals surface area contributed by atoms with Crippen LogP contribution >= 0.6 is 0 Å². The molecular formula is C14H16O4. The fourth-order valence-corrected chi connectivity index (χ4v) is 2.59. The minimum absolute atomic E-state index is 0.123. The van der Waals surface area contributed by atoms with Crippen molar-refractivity contribution in [2.24, 2.45) is 0 Å². The van der Waals surface area contributed by atoms with Gasteiger partial charge >= 0.3 is 0 Å². The number of rotatable bonds is 2. The van der Waals surface area contributed by atoms with Crippen molar-refractivity contribution in [1.82, 2.24) is 0 Å². The monoisotopic (exact) mass is 248 g/mol. The Bertz CT molecular complexity index is 495. The number of ether oxygens (including phenoxy) is 2. The highest BCUT2D eigenvalue weighted by molar-refractivity contribution is 5.51. The van der Waals surface area contributed by atoms with Crippen LogP contribution in [0.25, 0.3) is 0 Å². The third-order valence-corrected chi connectivity index (χ3v) is 3.56. The molecule has 3 rings (SSSR count). The van der Waals surface area contributed by atoms with Crippen molar-refractivity contribution in [2.75, 3.05) is 6.79 Å². The predicted octanol–water partition coefficient (Wildman–Crippen LogP) is 1.84. The van der Waals surface area contributed by atoms with E-state index in [1.54, 1.807) is 12.1 Å². The number of hydrogen-bond acceptors (Lipinski definition) is 4. The summed E-state index contributed by atoms with van der Waals surface area (Å²) in [5, 5.41) is 20.2.